The zero-order valence-electron chi connectivity index (χ0n) is 11.5. The average molecular weight is 324 g/mol. The van der Waals surface area contributed by atoms with Gasteiger partial charge in [-0.25, -0.2) is 0 Å². The average Bonchev–Trinajstić information content (AvgIpc) is 2.91. The van der Waals surface area contributed by atoms with Crippen LogP contribution in [-0.2, 0) is 11.2 Å². The molecule has 0 aromatic heterocycles. The summed E-state index contributed by atoms with van der Waals surface area (Å²) >= 11 is 3.44. The predicted octanol–water partition coefficient (Wildman–Crippen LogP) is 4.53. The molecule has 0 heterocycles. The van der Waals surface area contributed by atoms with Crippen molar-refractivity contribution in [1.29, 1.82) is 0 Å². The summed E-state index contributed by atoms with van der Waals surface area (Å²) in [5.41, 5.74) is 2.10. The maximum absolute atomic E-state index is 12.5. The van der Waals surface area contributed by atoms with Crippen molar-refractivity contribution in [1.82, 2.24) is 0 Å². The summed E-state index contributed by atoms with van der Waals surface area (Å²) in [5.74, 6) is 0.209. The van der Waals surface area contributed by atoms with Crippen LogP contribution in [0.25, 0.3) is 0 Å². The second kappa shape index (κ2) is 6.56. The van der Waals surface area contributed by atoms with Crippen molar-refractivity contribution in [3.8, 4) is 0 Å². The predicted molar refractivity (Wildman–Crippen MR) is 83.8 cm³/mol. The van der Waals surface area contributed by atoms with E-state index in [2.05, 4.69) is 40.3 Å². The molecule has 1 aliphatic rings. The summed E-state index contributed by atoms with van der Waals surface area (Å²) in [5, 5.41) is 4.06. The van der Waals surface area contributed by atoms with Crippen LogP contribution in [0, 0.1) is 5.41 Å². The zero-order chi connectivity index (χ0) is 13.7. The maximum atomic E-state index is 12.5. The van der Waals surface area contributed by atoms with Gasteiger partial charge in [-0.1, -0.05) is 47.8 Å². The van der Waals surface area contributed by atoms with Gasteiger partial charge in [0.2, 0.25) is 5.91 Å². The molecule has 1 saturated carbocycles. The molecule has 2 nitrogen and oxygen atoms in total. The third-order valence-electron chi connectivity index (χ3n) is 4.31. The normalized spacial score (nSPS) is 17.4. The van der Waals surface area contributed by atoms with Crippen molar-refractivity contribution in [3.05, 3.63) is 29.8 Å². The van der Waals surface area contributed by atoms with Gasteiger partial charge < -0.3 is 5.32 Å². The van der Waals surface area contributed by atoms with Gasteiger partial charge in [0.05, 0.1) is 0 Å². The highest BCUT2D eigenvalue weighted by molar-refractivity contribution is 9.09. The molecule has 2 rings (SSSR count). The Morgan fingerprint density at radius 2 is 1.89 bits per heavy atom. The lowest BCUT2D eigenvalue weighted by molar-refractivity contribution is -0.125. The zero-order valence-corrected chi connectivity index (χ0v) is 13.1. The van der Waals surface area contributed by atoms with Gasteiger partial charge in [-0.2, -0.15) is 0 Å². The lowest BCUT2D eigenvalue weighted by atomic mass is 9.82. The minimum atomic E-state index is -0.117. The summed E-state index contributed by atoms with van der Waals surface area (Å²) < 4.78 is 0. The van der Waals surface area contributed by atoms with Crippen molar-refractivity contribution in [2.45, 2.75) is 45.4 Å². The van der Waals surface area contributed by atoms with Crippen LogP contribution in [0.3, 0.4) is 0 Å². The monoisotopic (exact) mass is 323 g/mol. The van der Waals surface area contributed by atoms with Gasteiger partial charge >= 0.3 is 0 Å². The molecule has 19 heavy (non-hydrogen) atoms. The Morgan fingerprint density at radius 1 is 1.26 bits per heavy atom. The molecule has 0 saturated heterocycles. The summed E-state index contributed by atoms with van der Waals surface area (Å²) in [7, 11) is 0. The van der Waals surface area contributed by atoms with Crippen molar-refractivity contribution in [3.63, 3.8) is 0 Å². The molecule has 1 aliphatic carbocycles. The van der Waals surface area contributed by atoms with Crippen molar-refractivity contribution in [2.75, 3.05) is 10.6 Å². The van der Waals surface area contributed by atoms with Crippen LogP contribution >= 0.6 is 15.9 Å². The Hall–Kier alpha value is -0.830. The summed E-state index contributed by atoms with van der Waals surface area (Å²) in [6, 6.07) is 8.19. The molecule has 1 amide bonds. The number of alkyl halides is 1. The molecule has 0 atom stereocenters. The summed E-state index contributed by atoms with van der Waals surface area (Å²) in [6.07, 6.45) is 6.42. The van der Waals surface area contributed by atoms with Gasteiger partial charge in [0.15, 0.2) is 0 Å². The molecule has 0 radical (unpaired) electrons. The smallest absolute Gasteiger partial charge is 0.230 e. The lowest BCUT2D eigenvalue weighted by Crippen LogP contribution is -2.33. The molecule has 1 aromatic carbocycles. The first-order valence-corrected chi connectivity index (χ1v) is 8.29. The number of amides is 1. The highest BCUT2D eigenvalue weighted by atomic mass is 79.9. The number of nitrogens with one attached hydrogen (secondary N) is 1. The fourth-order valence-corrected chi connectivity index (χ4v) is 3.38. The standard InChI is InChI=1S/C16H22BrNO/c1-2-16(10-3-4-11-16)15(19)18-14-7-5-13(6-8-14)9-12-17/h5-8H,2-4,9-12H2,1H3,(H,18,19). The minimum absolute atomic E-state index is 0.117. The molecule has 104 valence electrons. The van der Waals surface area contributed by atoms with Gasteiger partial charge in [0.1, 0.15) is 0 Å². The molecule has 0 unspecified atom stereocenters. The lowest BCUT2D eigenvalue weighted by Gasteiger charge is -2.26. The number of benzene rings is 1. The highest BCUT2D eigenvalue weighted by Gasteiger charge is 2.39. The van der Waals surface area contributed by atoms with Crippen LogP contribution in [0.15, 0.2) is 24.3 Å². The number of carbonyl (C=O) groups excluding carboxylic acids is 1. The van der Waals surface area contributed by atoms with Crippen molar-refractivity contribution in [2.24, 2.45) is 5.41 Å². The van der Waals surface area contributed by atoms with E-state index in [1.165, 1.54) is 18.4 Å². The Bertz CT molecular complexity index is 421. The first kappa shape index (κ1) is 14.6. The molecule has 1 fully saturated rings. The number of aryl methyl sites for hydroxylation is 1. The molecular formula is C16H22BrNO. The van der Waals surface area contributed by atoms with E-state index in [0.717, 1.165) is 36.7 Å². The van der Waals surface area contributed by atoms with Crippen molar-refractivity contribution < 1.29 is 4.79 Å². The molecular weight excluding hydrogens is 302 g/mol. The fourth-order valence-electron chi connectivity index (χ4n) is 2.92. The molecule has 0 bridgehead atoms. The maximum Gasteiger partial charge on any atom is 0.230 e. The van der Waals surface area contributed by atoms with E-state index >= 15 is 0 Å². The number of rotatable bonds is 5. The second-order valence-electron chi connectivity index (χ2n) is 5.43. The van der Waals surface area contributed by atoms with Gasteiger partial charge in [0.25, 0.3) is 0 Å². The Balaban J connectivity index is 2.02. The van der Waals surface area contributed by atoms with Gasteiger partial charge in [0, 0.05) is 16.4 Å². The number of hydrogen-bond donors (Lipinski definition) is 1. The Morgan fingerprint density at radius 3 is 2.42 bits per heavy atom. The Labute approximate surface area is 124 Å². The second-order valence-corrected chi connectivity index (χ2v) is 6.22. The molecule has 1 aromatic rings. The van der Waals surface area contributed by atoms with E-state index in [9.17, 15) is 4.79 Å². The van der Waals surface area contributed by atoms with Crippen LogP contribution in [0.4, 0.5) is 5.69 Å². The third kappa shape index (κ3) is 3.38. The molecule has 1 N–H and O–H groups in total. The fraction of sp³-hybridized carbons (Fsp3) is 0.562. The first-order valence-electron chi connectivity index (χ1n) is 7.16. The molecule has 0 spiro atoms. The van der Waals surface area contributed by atoms with E-state index in [-0.39, 0.29) is 11.3 Å². The molecule has 0 aliphatic heterocycles. The first-order chi connectivity index (χ1) is 9.20. The van der Waals surface area contributed by atoms with E-state index in [4.69, 9.17) is 0 Å². The highest BCUT2D eigenvalue weighted by Crippen LogP contribution is 2.41. The number of halogens is 1. The van der Waals surface area contributed by atoms with Crippen LogP contribution in [0.1, 0.15) is 44.6 Å². The number of hydrogen-bond acceptors (Lipinski definition) is 1. The van der Waals surface area contributed by atoms with E-state index in [1.807, 2.05) is 12.1 Å². The number of anilines is 1. The largest absolute Gasteiger partial charge is 0.326 e. The van der Waals surface area contributed by atoms with Crippen LogP contribution in [-0.4, -0.2) is 11.2 Å². The van der Waals surface area contributed by atoms with Gasteiger partial charge in [-0.15, -0.1) is 0 Å². The summed E-state index contributed by atoms with van der Waals surface area (Å²) in [6.45, 7) is 2.13. The van der Waals surface area contributed by atoms with E-state index in [1.54, 1.807) is 0 Å². The van der Waals surface area contributed by atoms with Crippen LogP contribution < -0.4 is 5.32 Å². The van der Waals surface area contributed by atoms with Gasteiger partial charge in [-0.05, 0) is 43.4 Å². The SMILES string of the molecule is CCC1(C(=O)Nc2ccc(CCBr)cc2)CCCC1. The summed E-state index contributed by atoms with van der Waals surface area (Å²) in [4.78, 5) is 12.5. The van der Waals surface area contributed by atoms with E-state index < -0.39 is 0 Å². The van der Waals surface area contributed by atoms with E-state index in [0.29, 0.717) is 0 Å². The minimum Gasteiger partial charge on any atom is -0.326 e. The van der Waals surface area contributed by atoms with Crippen LogP contribution in [0.5, 0.6) is 0 Å². The quantitative estimate of drug-likeness (QED) is 0.792. The Kier molecular flexibility index (Phi) is 5.03. The topological polar surface area (TPSA) is 29.1 Å². The third-order valence-corrected chi connectivity index (χ3v) is 4.71. The van der Waals surface area contributed by atoms with Crippen molar-refractivity contribution >= 4 is 27.5 Å². The van der Waals surface area contributed by atoms with Crippen LogP contribution in [0.2, 0.25) is 0 Å². The number of carbonyl (C=O) groups is 1. The van der Waals surface area contributed by atoms with Gasteiger partial charge in [-0.3, -0.25) is 4.79 Å². The molecule has 3 heteroatoms.